The van der Waals surface area contributed by atoms with Crippen LogP contribution in [0, 0.1) is 6.92 Å². The van der Waals surface area contributed by atoms with E-state index in [4.69, 9.17) is 4.74 Å². The van der Waals surface area contributed by atoms with Crippen molar-refractivity contribution in [2.45, 2.75) is 13.3 Å². The molecular formula is C17H17NO5S2. The van der Waals surface area contributed by atoms with Gasteiger partial charge in [0.05, 0.1) is 21.9 Å². The average Bonchev–Trinajstić information content (AvgIpc) is 3.17. The van der Waals surface area contributed by atoms with Crippen molar-refractivity contribution in [2.24, 2.45) is 0 Å². The molecule has 1 aliphatic heterocycles. The number of anilines is 1. The Balaban J connectivity index is 1.62. The van der Waals surface area contributed by atoms with Gasteiger partial charge in [-0.05, 0) is 49.7 Å². The van der Waals surface area contributed by atoms with Crippen LogP contribution in [0.2, 0.25) is 0 Å². The highest BCUT2D eigenvalue weighted by atomic mass is 32.2. The Labute approximate surface area is 150 Å². The van der Waals surface area contributed by atoms with Crippen molar-refractivity contribution in [3.63, 3.8) is 0 Å². The fourth-order valence-electron chi connectivity index (χ4n) is 2.56. The van der Waals surface area contributed by atoms with Crippen LogP contribution >= 0.6 is 11.3 Å². The lowest BCUT2D eigenvalue weighted by molar-refractivity contribution is 0.0476. The minimum absolute atomic E-state index is 0.140. The second kappa shape index (κ2) is 6.97. The lowest BCUT2D eigenvalue weighted by Gasteiger charge is -2.16. The summed E-state index contributed by atoms with van der Waals surface area (Å²) in [5.41, 5.74) is 0.801. The Kier molecular flexibility index (Phi) is 4.91. The van der Waals surface area contributed by atoms with Crippen molar-refractivity contribution < 1.29 is 22.7 Å². The van der Waals surface area contributed by atoms with E-state index < -0.39 is 16.0 Å². The fourth-order valence-corrected chi connectivity index (χ4v) is 4.92. The Bertz CT molecular complexity index is 899. The van der Waals surface area contributed by atoms with E-state index in [1.165, 1.54) is 27.8 Å². The molecule has 0 unspecified atom stereocenters. The maximum Gasteiger partial charge on any atom is 0.338 e. The molecule has 0 amide bonds. The van der Waals surface area contributed by atoms with E-state index in [0.717, 1.165) is 4.88 Å². The van der Waals surface area contributed by atoms with Gasteiger partial charge < -0.3 is 4.74 Å². The molecule has 0 atom stereocenters. The predicted octanol–water partition coefficient (Wildman–Crippen LogP) is 2.64. The molecule has 0 N–H and O–H groups in total. The number of carbonyl (C=O) groups excluding carboxylic acids is 2. The third kappa shape index (κ3) is 3.91. The Morgan fingerprint density at radius 3 is 2.44 bits per heavy atom. The molecule has 1 aromatic heterocycles. The van der Waals surface area contributed by atoms with Gasteiger partial charge in [-0.1, -0.05) is 0 Å². The summed E-state index contributed by atoms with van der Waals surface area (Å²) in [4.78, 5) is 25.6. The Hall–Kier alpha value is -2.19. The highest BCUT2D eigenvalue weighted by Crippen LogP contribution is 2.24. The monoisotopic (exact) mass is 379 g/mol. The summed E-state index contributed by atoms with van der Waals surface area (Å²) in [5.74, 6) is -0.718. The third-order valence-corrected chi connectivity index (χ3v) is 6.75. The molecule has 1 aliphatic rings. The van der Waals surface area contributed by atoms with E-state index in [2.05, 4.69) is 0 Å². The molecule has 132 valence electrons. The number of ketones is 1. The Morgan fingerprint density at radius 1 is 1.16 bits per heavy atom. The lowest BCUT2D eigenvalue weighted by Crippen LogP contribution is -2.25. The number of carbonyl (C=O) groups is 2. The van der Waals surface area contributed by atoms with Gasteiger partial charge in [-0.15, -0.1) is 11.3 Å². The number of sulfonamides is 1. The molecular weight excluding hydrogens is 362 g/mol. The van der Waals surface area contributed by atoms with Gasteiger partial charge in [-0.3, -0.25) is 9.10 Å². The number of ether oxygens (including phenoxy) is 1. The second-order valence-corrected chi connectivity index (χ2v) is 9.00. The molecule has 2 aromatic rings. The van der Waals surface area contributed by atoms with E-state index in [9.17, 15) is 18.0 Å². The Morgan fingerprint density at radius 2 is 1.88 bits per heavy atom. The largest absolute Gasteiger partial charge is 0.454 e. The molecule has 0 spiro atoms. The van der Waals surface area contributed by atoms with Gasteiger partial charge in [0.2, 0.25) is 15.8 Å². The van der Waals surface area contributed by atoms with Crippen LogP contribution in [-0.4, -0.2) is 39.1 Å². The zero-order valence-corrected chi connectivity index (χ0v) is 15.2. The van der Waals surface area contributed by atoms with E-state index in [1.807, 2.05) is 13.0 Å². The van der Waals surface area contributed by atoms with Gasteiger partial charge in [0.15, 0.2) is 6.61 Å². The number of rotatable bonds is 5. The van der Waals surface area contributed by atoms with Crippen molar-refractivity contribution in [1.82, 2.24) is 0 Å². The minimum atomic E-state index is -3.25. The SMILES string of the molecule is Cc1ccc(C(=O)COC(=O)c2ccc(N3CCCS3(=O)=O)cc2)s1. The number of hydrogen-bond acceptors (Lipinski definition) is 6. The van der Waals surface area contributed by atoms with Crippen molar-refractivity contribution in [3.05, 3.63) is 51.7 Å². The van der Waals surface area contributed by atoms with Crippen LogP contribution in [0.1, 0.15) is 31.3 Å². The van der Waals surface area contributed by atoms with E-state index >= 15 is 0 Å². The van der Waals surface area contributed by atoms with Gasteiger partial charge >= 0.3 is 5.97 Å². The summed E-state index contributed by atoms with van der Waals surface area (Å²) in [6, 6.07) is 9.71. The number of thiophene rings is 1. The van der Waals surface area contributed by atoms with Crippen LogP contribution in [0.4, 0.5) is 5.69 Å². The molecule has 0 radical (unpaired) electrons. The molecule has 1 fully saturated rings. The molecule has 25 heavy (non-hydrogen) atoms. The van der Waals surface area contributed by atoms with E-state index in [0.29, 0.717) is 23.5 Å². The van der Waals surface area contributed by atoms with Crippen LogP contribution in [0.5, 0.6) is 0 Å². The van der Waals surface area contributed by atoms with Gasteiger partial charge in [-0.25, -0.2) is 13.2 Å². The molecule has 8 heteroatoms. The fraction of sp³-hybridized carbons (Fsp3) is 0.294. The average molecular weight is 379 g/mol. The highest BCUT2D eigenvalue weighted by Gasteiger charge is 2.28. The van der Waals surface area contributed by atoms with Gasteiger partial charge in [0, 0.05) is 11.4 Å². The maximum atomic E-state index is 12.0. The quantitative estimate of drug-likeness (QED) is 0.589. The van der Waals surface area contributed by atoms with Crippen LogP contribution in [0.15, 0.2) is 36.4 Å². The number of benzene rings is 1. The van der Waals surface area contributed by atoms with Gasteiger partial charge in [-0.2, -0.15) is 0 Å². The van der Waals surface area contributed by atoms with Crippen LogP contribution in [0.25, 0.3) is 0 Å². The number of aryl methyl sites for hydroxylation is 1. The van der Waals surface area contributed by atoms with Crippen molar-refractivity contribution >= 4 is 38.8 Å². The standard InChI is InChI=1S/C17H17NO5S2/c1-12-3-8-16(24-12)15(19)11-23-17(20)13-4-6-14(7-5-13)18-9-2-10-25(18,21)22/h3-8H,2,9-11H2,1H3. The molecule has 2 heterocycles. The normalized spacial score (nSPS) is 16.0. The van der Waals surface area contributed by atoms with E-state index in [-0.39, 0.29) is 23.7 Å². The first-order chi connectivity index (χ1) is 11.9. The summed E-state index contributed by atoms with van der Waals surface area (Å²) in [6.07, 6.45) is 0.594. The van der Waals surface area contributed by atoms with Crippen molar-refractivity contribution in [2.75, 3.05) is 23.2 Å². The summed E-state index contributed by atoms with van der Waals surface area (Å²) in [7, 11) is -3.25. The number of esters is 1. The molecule has 6 nitrogen and oxygen atoms in total. The summed E-state index contributed by atoms with van der Waals surface area (Å²) >= 11 is 1.36. The third-order valence-electron chi connectivity index (χ3n) is 3.84. The zero-order valence-electron chi connectivity index (χ0n) is 13.6. The zero-order chi connectivity index (χ0) is 18.0. The van der Waals surface area contributed by atoms with Crippen molar-refractivity contribution in [3.8, 4) is 0 Å². The van der Waals surface area contributed by atoms with Gasteiger partial charge in [0.25, 0.3) is 0 Å². The predicted molar refractivity (Wildman–Crippen MR) is 95.9 cm³/mol. The topological polar surface area (TPSA) is 80.8 Å². The van der Waals surface area contributed by atoms with Crippen LogP contribution in [0.3, 0.4) is 0 Å². The number of nitrogens with zero attached hydrogens (tertiary/aromatic N) is 1. The molecule has 3 rings (SSSR count). The maximum absolute atomic E-state index is 12.0. The smallest absolute Gasteiger partial charge is 0.338 e. The number of hydrogen-bond donors (Lipinski definition) is 0. The van der Waals surface area contributed by atoms with Gasteiger partial charge in [0.1, 0.15) is 0 Å². The first-order valence-corrected chi connectivity index (χ1v) is 10.2. The highest BCUT2D eigenvalue weighted by molar-refractivity contribution is 7.93. The molecule has 0 aliphatic carbocycles. The minimum Gasteiger partial charge on any atom is -0.454 e. The molecule has 1 aromatic carbocycles. The number of Topliss-reactive ketones (excluding diaryl/α,β-unsaturated/α-hetero) is 1. The molecule has 1 saturated heterocycles. The molecule has 0 saturated carbocycles. The summed E-state index contributed by atoms with van der Waals surface area (Å²) in [5, 5.41) is 0. The second-order valence-electron chi connectivity index (χ2n) is 5.70. The van der Waals surface area contributed by atoms with Crippen molar-refractivity contribution in [1.29, 1.82) is 0 Å². The molecule has 0 bridgehead atoms. The van der Waals surface area contributed by atoms with Crippen LogP contribution < -0.4 is 4.31 Å². The van der Waals surface area contributed by atoms with E-state index in [1.54, 1.807) is 18.2 Å². The first-order valence-electron chi connectivity index (χ1n) is 7.74. The lowest BCUT2D eigenvalue weighted by atomic mass is 10.2. The van der Waals surface area contributed by atoms with Crippen LogP contribution in [-0.2, 0) is 14.8 Å². The summed E-state index contributed by atoms with van der Waals surface area (Å²) < 4.78 is 30.2. The summed E-state index contributed by atoms with van der Waals surface area (Å²) in [6.45, 7) is 2.03. The first kappa shape index (κ1) is 17.6.